The predicted molar refractivity (Wildman–Crippen MR) is 69.7 cm³/mol. The quantitative estimate of drug-likeness (QED) is 0.921. The van der Waals surface area contributed by atoms with Gasteiger partial charge in [-0.2, -0.15) is 0 Å². The maximum absolute atomic E-state index is 5.26. The summed E-state index contributed by atoms with van der Waals surface area (Å²) in [4.78, 5) is 0. The van der Waals surface area contributed by atoms with E-state index in [2.05, 4.69) is 39.4 Å². The van der Waals surface area contributed by atoms with Crippen molar-refractivity contribution in [2.24, 2.45) is 0 Å². The Morgan fingerprint density at radius 1 is 1.50 bits per heavy atom. The molecule has 0 radical (unpaired) electrons. The van der Waals surface area contributed by atoms with Gasteiger partial charge >= 0.3 is 0 Å². The van der Waals surface area contributed by atoms with Crippen LogP contribution in [0, 0.1) is 0 Å². The molecule has 0 amide bonds. The lowest BCUT2D eigenvalue weighted by Gasteiger charge is -2.25. The van der Waals surface area contributed by atoms with Crippen molar-refractivity contribution < 1.29 is 4.74 Å². The van der Waals surface area contributed by atoms with E-state index in [1.807, 2.05) is 0 Å². The first-order valence-corrected chi connectivity index (χ1v) is 6.58. The Bertz CT molecular complexity index is 348. The molecular formula is C13H18BrNO. The summed E-state index contributed by atoms with van der Waals surface area (Å²) in [5.74, 6) is 0.636. The van der Waals surface area contributed by atoms with Gasteiger partial charge in [-0.25, -0.2) is 0 Å². The molecule has 1 N–H and O–H groups in total. The second kappa shape index (κ2) is 5.80. The molecule has 0 bridgehead atoms. The van der Waals surface area contributed by atoms with Gasteiger partial charge in [-0.1, -0.05) is 22.0 Å². The van der Waals surface area contributed by atoms with Crippen LogP contribution in [0.3, 0.4) is 0 Å². The molecule has 1 unspecified atom stereocenters. The Morgan fingerprint density at radius 3 is 3.06 bits per heavy atom. The number of rotatable bonds is 3. The fraction of sp³-hybridized carbons (Fsp3) is 0.538. The Balaban J connectivity index is 2.24. The Labute approximate surface area is 106 Å². The molecule has 0 aliphatic carbocycles. The number of methoxy groups -OCH3 is 1. The molecule has 1 atom stereocenters. The smallest absolute Gasteiger partial charge is 0.0715 e. The van der Waals surface area contributed by atoms with Crippen molar-refractivity contribution in [1.29, 1.82) is 0 Å². The van der Waals surface area contributed by atoms with Crippen molar-refractivity contribution in [3.8, 4) is 0 Å². The van der Waals surface area contributed by atoms with Gasteiger partial charge in [-0.15, -0.1) is 0 Å². The highest BCUT2D eigenvalue weighted by atomic mass is 79.9. The number of benzene rings is 1. The molecule has 0 aromatic heterocycles. The van der Waals surface area contributed by atoms with Gasteiger partial charge in [-0.3, -0.25) is 0 Å². The van der Waals surface area contributed by atoms with Crippen molar-refractivity contribution >= 4 is 15.9 Å². The highest BCUT2D eigenvalue weighted by Gasteiger charge is 2.18. The standard InChI is InChI=1S/C13H18BrNO/c1-16-9-11-4-5-12(14)7-13(11)10-3-2-6-15-8-10/h4-5,7,10,15H,2-3,6,8-9H2,1H3. The topological polar surface area (TPSA) is 21.3 Å². The van der Waals surface area contributed by atoms with Crippen molar-refractivity contribution in [3.63, 3.8) is 0 Å². The Hall–Kier alpha value is -0.380. The summed E-state index contributed by atoms with van der Waals surface area (Å²) in [6.45, 7) is 2.95. The third-order valence-corrected chi connectivity index (χ3v) is 3.64. The van der Waals surface area contributed by atoms with Crippen LogP contribution in [0.2, 0.25) is 0 Å². The first-order valence-electron chi connectivity index (χ1n) is 5.79. The summed E-state index contributed by atoms with van der Waals surface area (Å²) in [6, 6.07) is 6.50. The molecule has 2 rings (SSSR count). The molecule has 0 spiro atoms. The molecule has 88 valence electrons. The van der Waals surface area contributed by atoms with Crippen molar-refractivity contribution in [2.45, 2.75) is 25.4 Å². The van der Waals surface area contributed by atoms with E-state index in [0.29, 0.717) is 12.5 Å². The Morgan fingerprint density at radius 2 is 2.38 bits per heavy atom. The van der Waals surface area contributed by atoms with E-state index in [1.165, 1.54) is 24.0 Å². The molecular weight excluding hydrogens is 266 g/mol. The summed E-state index contributed by atoms with van der Waals surface area (Å²) in [5, 5.41) is 3.47. The third-order valence-electron chi connectivity index (χ3n) is 3.14. The second-order valence-corrected chi connectivity index (χ2v) is 5.24. The predicted octanol–water partition coefficient (Wildman–Crippen LogP) is 3.06. The summed E-state index contributed by atoms with van der Waals surface area (Å²) in [5.41, 5.74) is 2.75. The lowest BCUT2D eigenvalue weighted by atomic mass is 9.88. The van der Waals surface area contributed by atoms with Gasteiger partial charge in [0.15, 0.2) is 0 Å². The van der Waals surface area contributed by atoms with E-state index in [-0.39, 0.29) is 0 Å². The van der Waals surface area contributed by atoms with Crippen molar-refractivity contribution in [3.05, 3.63) is 33.8 Å². The SMILES string of the molecule is COCc1ccc(Br)cc1C1CCCNC1. The summed E-state index contributed by atoms with van der Waals surface area (Å²) >= 11 is 3.55. The van der Waals surface area contributed by atoms with Gasteiger partial charge in [0, 0.05) is 18.1 Å². The molecule has 1 aromatic rings. The minimum atomic E-state index is 0.636. The van der Waals surface area contributed by atoms with Gasteiger partial charge in [0.2, 0.25) is 0 Å². The first kappa shape index (κ1) is 12.1. The van der Waals surface area contributed by atoms with Crippen molar-refractivity contribution in [1.82, 2.24) is 5.32 Å². The molecule has 3 heteroatoms. The molecule has 1 saturated heterocycles. The highest BCUT2D eigenvalue weighted by Crippen LogP contribution is 2.29. The van der Waals surface area contributed by atoms with E-state index >= 15 is 0 Å². The van der Waals surface area contributed by atoms with Gasteiger partial charge in [-0.05, 0) is 48.6 Å². The van der Waals surface area contributed by atoms with Crippen molar-refractivity contribution in [2.75, 3.05) is 20.2 Å². The van der Waals surface area contributed by atoms with Crippen LogP contribution in [0.5, 0.6) is 0 Å². The van der Waals surface area contributed by atoms with Gasteiger partial charge < -0.3 is 10.1 Å². The highest BCUT2D eigenvalue weighted by molar-refractivity contribution is 9.10. The molecule has 0 saturated carbocycles. The van der Waals surface area contributed by atoms with Crippen LogP contribution in [0.4, 0.5) is 0 Å². The zero-order valence-electron chi connectivity index (χ0n) is 9.63. The van der Waals surface area contributed by atoms with Gasteiger partial charge in [0.1, 0.15) is 0 Å². The lowest BCUT2D eigenvalue weighted by molar-refractivity contribution is 0.183. The third kappa shape index (κ3) is 2.84. The van der Waals surface area contributed by atoms with Crippen LogP contribution in [0.1, 0.15) is 29.9 Å². The van der Waals surface area contributed by atoms with Gasteiger partial charge in [0.05, 0.1) is 6.61 Å². The number of hydrogen-bond acceptors (Lipinski definition) is 2. The van der Waals surface area contributed by atoms with Crippen LogP contribution in [0.15, 0.2) is 22.7 Å². The van der Waals surface area contributed by atoms with Crippen LogP contribution in [-0.4, -0.2) is 20.2 Å². The number of piperidine rings is 1. The summed E-state index contributed by atoms with van der Waals surface area (Å²) in [6.07, 6.45) is 2.55. The van der Waals surface area contributed by atoms with E-state index < -0.39 is 0 Å². The van der Waals surface area contributed by atoms with E-state index in [1.54, 1.807) is 7.11 Å². The first-order chi connectivity index (χ1) is 7.81. The fourth-order valence-electron chi connectivity index (χ4n) is 2.35. The maximum Gasteiger partial charge on any atom is 0.0715 e. The number of hydrogen-bond donors (Lipinski definition) is 1. The Kier molecular flexibility index (Phi) is 4.38. The second-order valence-electron chi connectivity index (χ2n) is 4.32. The molecule has 1 aromatic carbocycles. The van der Waals surface area contributed by atoms with E-state index in [9.17, 15) is 0 Å². The molecule has 1 aliphatic heterocycles. The summed E-state index contributed by atoms with van der Waals surface area (Å²) < 4.78 is 6.42. The lowest BCUT2D eigenvalue weighted by Crippen LogP contribution is -2.29. The maximum atomic E-state index is 5.26. The van der Waals surface area contributed by atoms with Crippen LogP contribution in [-0.2, 0) is 11.3 Å². The minimum Gasteiger partial charge on any atom is -0.380 e. The number of ether oxygens (including phenoxy) is 1. The summed E-state index contributed by atoms with van der Waals surface area (Å²) in [7, 11) is 1.75. The zero-order chi connectivity index (χ0) is 11.4. The van der Waals surface area contributed by atoms with Crippen LogP contribution < -0.4 is 5.32 Å². The average Bonchev–Trinajstić information content (AvgIpc) is 2.33. The molecule has 1 heterocycles. The average molecular weight is 284 g/mol. The fourth-order valence-corrected chi connectivity index (χ4v) is 2.73. The van der Waals surface area contributed by atoms with Crippen LogP contribution in [0.25, 0.3) is 0 Å². The monoisotopic (exact) mass is 283 g/mol. The van der Waals surface area contributed by atoms with Gasteiger partial charge in [0.25, 0.3) is 0 Å². The largest absolute Gasteiger partial charge is 0.380 e. The normalized spacial score (nSPS) is 21.0. The zero-order valence-corrected chi connectivity index (χ0v) is 11.2. The van der Waals surface area contributed by atoms with E-state index in [0.717, 1.165) is 17.6 Å². The minimum absolute atomic E-state index is 0.636. The number of halogens is 1. The molecule has 1 fully saturated rings. The van der Waals surface area contributed by atoms with E-state index in [4.69, 9.17) is 4.74 Å². The van der Waals surface area contributed by atoms with Crippen LogP contribution >= 0.6 is 15.9 Å². The molecule has 2 nitrogen and oxygen atoms in total. The number of nitrogens with one attached hydrogen (secondary N) is 1. The molecule has 16 heavy (non-hydrogen) atoms. The molecule has 1 aliphatic rings.